The van der Waals surface area contributed by atoms with Crippen LogP contribution >= 0.6 is 0 Å². The third-order valence-corrected chi connectivity index (χ3v) is 9.36. The fourth-order valence-corrected chi connectivity index (χ4v) is 7.17. The second-order valence-electron chi connectivity index (χ2n) is 12.3. The van der Waals surface area contributed by atoms with E-state index in [0.29, 0.717) is 11.1 Å². The minimum atomic E-state index is -0.229. The average Bonchev–Trinajstić information content (AvgIpc) is 3.45. The monoisotopic (exact) mass is 602 g/mol. The maximum Gasteiger partial charge on any atom is 0.101 e. The Morgan fingerprint density at radius 2 is 1.19 bits per heavy atom. The van der Waals surface area contributed by atoms with E-state index in [4.69, 9.17) is 0 Å². The van der Waals surface area contributed by atoms with E-state index >= 15 is 0 Å². The molecule has 0 aliphatic carbocycles. The lowest BCUT2D eigenvalue weighted by Crippen LogP contribution is -2.30. The molecule has 0 radical (unpaired) electrons. The Labute approximate surface area is 272 Å². The zero-order chi connectivity index (χ0) is 32.3. The first-order valence-corrected chi connectivity index (χ1v) is 15.3. The molecule has 3 heterocycles. The average molecular weight is 603 g/mol. The quantitative estimate of drug-likeness (QED) is 0.201. The summed E-state index contributed by atoms with van der Waals surface area (Å²) in [7, 11) is 0. The fourth-order valence-electron chi connectivity index (χ4n) is 7.17. The molecule has 0 unspecified atom stereocenters. The lowest BCUT2D eigenvalue weighted by atomic mass is 9.73. The van der Waals surface area contributed by atoms with E-state index in [1.807, 2.05) is 24.4 Å². The van der Waals surface area contributed by atoms with Gasteiger partial charge in [0.2, 0.25) is 0 Å². The van der Waals surface area contributed by atoms with Crippen molar-refractivity contribution in [1.29, 1.82) is 15.8 Å². The van der Waals surface area contributed by atoms with Crippen molar-refractivity contribution >= 4 is 38.9 Å². The molecule has 0 atom stereocenters. The maximum absolute atomic E-state index is 10.3. The summed E-state index contributed by atoms with van der Waals surface area (Å²) < 4.78 is 2.23. The van der Waals surface area contributed by atoms with Gasteiger partial charge in [-0.2, -0.15) is 15.8 Å². The number of nitriles is 3. The number of anilines is 3. The van der Waals surface area contributed by atoms with Crippen LogP contribution in [0.25, 0.3) is 38.6 Å². The van der Waals surface area contributed by atoms with E-state index in [-0.39, 0.29) is 16.5 Å². The third-order valence-electron chi connectivity index (χ3n) is 9.36. The highest BCUT2D eigenvalue weighted by Gasteiger charge is 2.36. The van der Waals surface area contributed by atoms with Crippen LogP contribution in [0.5, 0.6) is 0 Å². The summed E-state index contributed by atoms with van der Waals surface area (Å²) in [6.07, 6.45) is 3.70. The molecule has 0 amide bonds. The summed E-state index contributed by atoms with van der Waals surface area (Å²) in [5.41, 5.74) is 10.2. The Bertz CT molecular complexity index is 2450. The standard InChI is InChI=1S/C41H26N6/c1-41(2)35-10-4-7-13-39(35)47(40-14-8-5-11-36(40)41)31-19-26(33-20-28(23-43)27(22-42)17-29(33)24-44)18-30(21-31)46-37-12-6-3-9-32(37)34-25-45-16-15-38(34)46/h3-21,25H,1-2H3. The van der Waals surface area contributed by atoms with Gasteiger partial charge in [0.15, 0.2) is 0 Å². The van der Waals surface area contributed by atoms with Gasteiger partial charge in [0, 0.05) is 45.5 Å². The molecule has 1 aliphatic heterocycles. The topological polar surface area (TPSA) is 92.4 Å². The van der Waals surface area contributed by atoms with Crippen molar-refractivity contribution in [1.82, 2.24) is 9.55 Å². The van der Waals surface area contributed by atoms with Gasteiger partial charge in [-0.15, -0.1) is 0 Å². The van der Waals surface area contributed by atoms with Gasteiger partial charge in [-0.1, -0.05) is 68.4 Å². The smallest absolute Gasteiger partial charge is 0.101 e. The highest BCUT2D eigenvalue weighted by atomic mass is 15.2. The van der Waals surface area contributed by atoms with E-state index in [0.717, 1.165) is 50.1 Å². The summed E-state index contributed by atoms with van der Waals surface area (Å²) >= 11 is 0. The Kier molecular flexibility index (Phi) is 6.19. The fraction of sp³-hybridized carbons (Fsp3) is 0.0732. The Morgan fingerprint density at radius 3 is 1.89 bits per heavy atom. The van der Waals surface area contributed by atoms with Crippen molar-refractivity contribution in [3.63, 3.8) is 0 Å². The minimum Gasteiger partial charge on any atom is -0.310 e. The highest BCUT2D eigenvalue weighted by Crippen LogP contribution is 2.52. The number of aromatic nitrogens is 2. The van der Waals surface area contributed by atoms with E-state index < -0.39 is 0 Å². The van der Waals surface area contributed by atoms with E-state index in [1.165, 1.54) is 17.2 Å². The molecule has 5 aromatic carbocycles. The van der Waals surface area contributed by atoms with Crippen molar-refractivity contribution in [2.75, 3.05) is 4.90 Å². The molecule has 220 valence electrons. The van der Waals surface area contributed by atoms with Crippen LogP contribution in [0.3, 0.4) is 0 Å². The summed E-state index contributed by atoms with van der Waals surface area (Å²) in [4.78, 5) is 6.72. The van der Waals surface area contributed by atoms with E-state index in [1.54, 1.807) is 12.3 Å². The number of benzene rings is 5. The van der Waals surface area contributed by atoms with Crippen LogP contribution < -0.4 is 4.90 Å². The number of pyridine rings is 1. The Morgan fingerprint density at radius 1 is 0.596 bits per heavy atom. The first kappa shape index (κ1) is 27.8. The van der Waals surface area contributed by atoms with Crippen molar-refractivity contribution in [2.45, 2.75) is 19.3 Å². The molecular formula is C41H26N6. The van der Waals surface area contributed by atoms with Crippen LogP contribution in [0, 0.1) is 34.0 Å². The third kappa shape index (κ3) is 4.12. The van der Waals surface area contributed by atoms with Crippen molar-refractivity contribution in [3.8, 4) is 35.0 Å². The predicted octanol–water partition coefficient (Wildman–Crippen LogP) is 9.57. The van der Waals surface area contributed by atoms with E-state index in [2.05, 4.69) is 125 Å². The molecule has 6 nitrogen and oxygen atoms in total. The molecule has 1 aliphatic rings. The molecule has 0 N–H and O–H groups in total. The van der Waals surface area contributed by atoms with Crippen LogP contribution in [0.2, 0.25) is 0 Å². The Hall–Kier alpha value is -6.68. The van der Waals surface area contributed by atoms with Gasteiger partial charge in [0.25, 0.3) is 0 Å². The first-order chi connectivity index (χ1) is 22.9. The molecule has 47 heavy (non-hydrogen) atoms. The van der Waals surface area contributed by atoms with Gasteiger partial charge in [-0.25, -0.2) is 0 Å². The molecule has 7 aromatic rings. The molecule has 0 fully saturated rings. The SMILES string of the molecule is CC1(C)c2ccccc2N(c2cc(-c3cc(C#N)c(C#N)cc3C#N)cc(-n3c4ccccc4c4cnccc43)c2)c2ccccc21. The van der Waals surface area contributed by atoms with Gasteiger partial charge < -0.3 is 9.47 Å². The van der Waals surface area contributed by atoms with E-state index in [9.17, 15) is 15.8 Å². The summed E-state index contributed by atoms with van der Waals surface area (Å²) in [6, 6.07) is 43.3. The maximum atomic E-state index is 10.3. The van der Waals surface area contributed by atoms with Crippen molar-refractivity contribution in [3.05, 3.63) is 149 Å². The number of para-hydroxylation sites is 3. The second kappa shape index (κ2) is 10.5. The number of hydrogen-bond donors (Lipinski definition) is 0. The first-order valence-electron chi connectivity index (χ1n) is 15.3. The summed E-state index contributed by atoms with van der Waals surface area (Å²) in [5, 5.41) is 32.1. The van der Waals surface area contributed by atoms with Crippen LogP contribution in [-0.2, 0) is 5.41 Å². The largest absolute Gasteiger partial charge is 0.310 e. The predicted molar refractivity (Wildman–Crippen MR) is 185 cm³/mol. The van der Waals surface area contributed by atoms with Crippen LogP contribution in [0.1, 0.15) is 41.7 Å². The molecule has 8 rings (SSSR count). The van der Waals surface area contributed by atoms with Gasteiger partial charge in [-0.05, 0) is 71.3 Å². The molecule has 0 bridgehead atoms. The summed E-state index contributed by atoms with van der Waals surface area (Å²) in [6.45, 7) is 4.52. The molecule has 0 saturated carbocycles. The van der Waals surface area contributed by atoms with Crippen LogP contribution in [0.4, 0.5) is 17.1 Å². The van der Waals surface area contributed by atoms with Gasteiger partial charge in [0.05, 0.1) is 45.2 Å². The summed E-state index contributed by atoms with van der Waals surface area (Å²) in [5.74, 6) is 0. The van der Waals surface area contributed by atoms with Crippen molar-refractivity contribution in [2.24, 2.45) is 0 Å². The van der Waals surface area contributed by atoms with Crippen molar-refractivity contribution < 1.29 is 0 Å². The van der Waals surface area contributed by atoms with Gasteiger partial charge in [-0.3, -0.25) is 4.98 Å². The number of nitrogens with zero attached hydrogens (tertiary/aromatic N) is 6. The van der Waals surface area contributed by atoms with Gasteiger partial charge in [0.1, 0.15) is 12.1 Å². The molecule has 0 spiro atoms. The number of fused-ring (bicyclic) bond motifs is 5. The zero-order valence-corrected chi connectivity index (χ0v) is 25.7. The molecular weight excluding hydrogens is 576 g/mol. The zero-order valence-electron chi connectivity index (χ0n) is 25.7. The minimum absolute atomic E-state index is 0.181. The van der Waals surface area contributed by atoms with Gasteiger partial charge >= 0.3 is 0 Å². The number of rotatable bonds is 3. The van der Waals surface area contributed by atoms with Crippen LogP contribution in [-0.4, -0.2) is 9.55 Å². The normalized spacial score (nSPS) is 13.0. The molecule has 6 heteroatoms. The molecule has 2 aromatic heterocycles. The van der Waals surface area contributed by atoms with Crippen LogP contribution in [0.15, 0.2) is 122 Å². The lowest BCUT2D eigenvalue weighted by Gasteiger charge is -2.42. The lowest BCUT2D eigenvalue weighted by molar-refractivity contribution is 0.632. The Balaban J connectivity index is 1.50. The number of hydrogen-bond acceptors (Lipinski definition) is 5. The second-order valence-corrected chi connectivity index (χ2v) is 12.3. The highest BCUT2D eigenvalue weighted by molar-refractivity contribution is 6.09. The molecule has 0 saturated heterocycles.